The van der Waals surface area contributed by atoms with Crippen LogP contribution in [0.5, 0.6) is 5.75 Å². The third-order valence-electron chi connectivity index (χ3n) is 5.35. The van der Waals surface area contributed by atoms with Crippen LogP contribution < -0.4 is 10.1 Å². The van der Waals surface area contributed by atoms with Gasteiger partial charge in [0.2, 0.25) is 0 Å². The zero-order valence-electron chi connectivity index (χ0n) is 18.0. The van der Waals surface area contributed by atoms with Gasteiger partial charge in [-0.2, -0.15) is 0 Å². The summed E-state index contributed by atoms with van der Waals surface area (Å²) in [5, 5.41) is 16.1. The number of fused-ring (bicyclic) bond motifs is 1. The molecule has 7 heteroatoms. The molecule has 0 saturated carbocycles. The van der Waals surface area contributed by atoms with Crippen LogP contribution in [0, 0.1) is 0 Å². The Labute approximate surface area is 190 Å². The van der Waals surface area contributed by atoms with Gasteiger partial charge in [0.25, 0.3) is 0 Å². The van der Waals surface area contributed by atoms with Gasteiger partial charge in [-0.05, 0) is 54.8 Å². The zero-order valence-corrected chi connectivity index (χ0v) is 18.9. The zero-order chi connectivity index (χ0) is 22.5. The summed E-state index contributed by atoms with van der Waals surface area (Å²) in [6, 6.07) is 16.1. The number of nitrogens with one attached hydrogen (secondary N) is 1. The monoisotopic (exact) mass is 447 g/mol. The summed E-state index contributed by atoms with van der Waals surface area (Å²) in [6.45, 7) is 4.75. The first-order valence-corrected chi connectivity index (χ1v) is 11.4. The van der Waals surface area contributed by atoms with E-state index < -0.39 is 11.9 Å². The van der Waals surface area contributed by atoms with E-state index in [2.05, 4.69) is 44.9 Å². The number of carbonyl (C=O) groups is 1. The molecule has 4 aromatic rings. The van der Waals surface area contributed by atoms with Crippen LogP contribution in [0.15, 0.2) is 60.2 Å². The summed E-state index contributed by atoms with van der Waals surface area (Å²) in [4.78, 5) is 20.2. The molecule has 2 aromatic heterocycles. The van der Waals surface area contributed by atoms with Crippen LogP contribution >= 0.6 is 11.3 Å². The van der Waals surface area contributed by atoms with E-state index in [1.165, 1.54) is 22.0 Å². The number of hydrogen-bond acceptors (Lipinski definition) is 6. The summed E-state index contributed by atoms with van der Waals surface area (Å²) >= 11 is 1.75. The number of nitrogens with zero attached hydrogens (tertiary/aromatic N) is 2. The summed E-state index contributed by atoms with van der Waals surface area (Å²) in [6.07, 6.45) is 2.42. The molecule has 0 aliphatic rings. The molecular formula is C25H25N3O3S. The maximum atomic E-state index is 11.4. The first-order valence-electron chi connectivity index (χ1n) is 10.6. The largest absolute Gasteiger partial charge is 0.494 e. The lowest BCUT2D eigenvalue weighted by atomic mass is 9.97. The Kier molecular flexibility index (Phi) is 6.66. The summed E-state index contributed by atoms with van der Waals surface area (Å²) < 4.78 is 7.02. The lowest BCUT2D eigenvalue weighted by Gasteiger charge is -2.15. The fourth-order valence-electron chi connectivity index (χ4n) is 3.58. The highest BCUT2D eigenvalue weighted by Gasteiger charge is 2.19. The normalized spacial score (nSPS) is 11.9. The second-order valence-corrected chi connectivity index (χ2v) is 8.45. The van der Waals surface area contributed by atoms with Gasteiger partial charge in [0.1, 0.15) is 17.9 Å². The highest BCUT2D eigenvalue weighted by atomic mass is 32.1. The van der Waals surface area contributed by atoms with E-state index in [4.69, 9.17) is 4.74 Å². The van der Waals surface area contributed by atoms with E-state index in [0.29, 0.717) is 17.9 Å². The van der Waals surface area contributed by atoms with E-state index in [1.54, 1.807) is 24.3 Å². The molecule has 0 spiro atoms. The third kappa shape index (κ3) is 4.89. The molecule has 6 nitrogen and oxygen atoms in total. The smallest absolute Gasteiger partial charge is 0.310 e. The van der Waals surface area contributed by atoms with Gasteiger partial charge in [-0.3, -0.25) is 4.79 Å². The molecule has 32 heavy (non-hydrogen) atoms. The molecule has 0 amide bonds. The van der Waals surface area contributed by atoms with Gasteiger partial charge in [-0.15, -0.1) is 11.3 Å². The van der Waals surface area contributed by atoms with Gasteiger partial charge in [0.05, 0.1) is 18.2 Å². The van der Waals surface area contributed by atoms with Gasteiger partial charge in [0, 0.05) is 28.4 Å². The topological polar surface area (TPSA) is 84.3 Å². The number of aliphatic carboxylic acids is 1. The van der Waals surface area contributed by atoms with Crippen molar-refractivity contribution in [2.75, 3.05) is 18.5 Å². The first-order chi connectivity index (χ1) is 15.5. The van der Waals surface area contributed by atoms with Crippen LogP contribution in [0.2, 0.25) is 0 Å². The maximum absolute atomic E-state index is 11.4. The number of rotatable bonds is 9. The van der Waals surface area contributed by atoms with Gasteiger partial charge in [0.15, 0.2) is 0 Å². The Morgan fingerprint density at radius 2 is 2.03 bits per heavy atom. The lowest BCUT2D eigenvalue weighted by molar-refractivity contribution is -0.138. The number of anilines is 1. The van der Waals surface area contributed by atoms with Crippen LogP contribution in [-0.4, -0.2) is 34.2 Å². The minimum absolute atomic E-state index is 0.455. The lowest BCUT2D eigenvalue weighted by Crippen LogP contribution is -2.10. The molecule has 2 N–H and O–H groups in total. The fourth-order valence-corrected chi connectivity index (χ4v) is 4.35. The third-order valence-corrected chi connectivity index (χ3v) is 6.25. The van der Waals surface area contributed by atoms with Crippen molar-refractivity contribution in [1.29, 1.82) is 0 Å². The molecule has 2 heterocycles. The van der Waals surface area contributed by atoms with Crippen LogP contribution in [0.1, 0.15) is 30.9 Å². The number of carboxylic acid groups (broad SMARTS) is 1. The predicted octanol–water partition coefficient (Wildman–Crippen LogP) is 5.60. The minimum Gasteiger partial charge on any atom is -0.494 e. The predicted molar refractivity (Wildman–Crippen MR) is 129 cm³/mol. The molecule has 0 bridgehead atoms. The summed E-state index contributed by atoms with van der Waals surface area (Å²) in [5.74, 6) is -0.226. The van der Waals surface area contributed by atoms with Crippen molar-refractivity contribution < 1.29 is 14.6 Å². The Bertz CT molecular complexity index is 1240. The van der Waals surface area contributed by atoms with E-state index in [9.17, 15) is 9.90 Å². The fraction of sp³-hybridized carbons (Fsp3) is 0.240. The van der Waals surface area contributed by atoms with Gasteiger partial charge in [-0.1, -0.05) is 24.3 Å². The molecule has 164 valence electrons. The summed E-state index contributed by atoms with van der Waals surface area (Å²) in [7, 11) is 0. The molecule has 4 rings (SSSR count). The Hall–Kier alpha value is -3.45. The summed E-state index contributed by atoms with van der Waals surface area (Å²) in [5.41, 5.74) is 3.53. The van der Waals surface area contributed by atoms with Gasteiger partial charge >= 0.3 is 5.97 Å². The number of ether oxygens (including phenoxy) is 1. The van der Waals surface area contributed by atoms with E-state index in [-0.39, 0.29) is 0 Å². The van der Waals surface area contributed by atoms with Gasteiger partial charge < -0.3 is 15.2 Å². The highest BCUT2D eigenvalue weighted by Crippen LogP contribution is 2.32. The van der Waals surface area contributed by atoms with Crippen LogP contribution in [0.25, 0.3) is 21.3 Å². The number of hydrogen-bond donors (Lipinski definition) is 2. The Balaban J connectivity index is 1.48. The molecule has 0 fully saturated rings. The Morgan fingerprint density at radius 1 is 1.16 bits per heavy atom. The second-order valence-electron chi connectivity index (χ2n) is 7.50. The van der Waals surface area contributed by atoms with Crippen LogP contribution in [-0.2, 0) is 11.2 Å². The number of thiophene rings is 1. The van der Waals surface area contributed by atoms with Crippen molar-refractivity contribution >= 4 is 33.2 Å². The number of benzene rings is 2. The highest BCUT2D eigenvalue weighted by molar-refractivity contribution is 7.17. The standard InChI is InChI=1S/C25H25N3O3S/c1-3-31-22-13-18(5-6-20(22)16(2)25(29)30)21-14-24(28-15-27-21)26-10-8-17-4-7-23-19(12-17)9-11-32-23/h4-7,9,11-16H,3,8,10H2,1-2H3,(H,29,30)(H,26,27,28). The van der Waals surface area contributed by atoms with Crippen molar-refractivity contribution in [3.05, 3.63) is 71.4 Å². The SMILES string of the molecule is CCOc1cc(-c2cc(NCCc3ccc4sccc4c3)ncn2)ccc1C(C)C(=O)O. The average molecular weight is 448 g/mol. The average Bonchev–Trinajstić information content (AvgIpc) is 3.27. The van der Waals surface area contributed by atoms with Crippen LogP contribution in [0.3, 0.4) is 0 Å². The molecule has 1 atom stereocenters. The molecule has 0 aliphatic carbocycles. The molecule has 2 aromatic carbocycles. The molecule has 0 saturated heterocycles. The van der Waals surface area contributed by atoms with Crippen molar-refractivity contribution in [2.24, 2.45) is 0 Å². The van der Waals surface area contributed by atoms with Crippen molar-refractivity contribution in [1.82, 2.24) is 9.97 Å². The van der Waals surface area contributed by atoms with Crippen molar-refractivity contribution in [3.63, 3.8) is 0 Å². The second kappa shape index (κ2) is 9.78. The van der Waals surface area contributed by atoms with Gasteiger partial charge in [-0.25, -0.2) is 9.97 Å². The Morgan fingerprint density at radius 3 is 2.84 bits per heavy atom. The minimum atomic E-state index is -0.884. The quantitative estimate of drug-likeness (QED) is 0.347. The molecule has 0 radical (unpaired) electrons. The van der Waals surface area contributed by atoms with Crippen molar-refractivity contribution in [3.8, 4) is 17.0 Å². The first kappa shape index (κ1) is 21.8. The number of carboxylic acids is 1. The molecule has 1 unspecified atom stereocenters. The maximum Gasteiger partial charge on any atom is 0.310 e. The molecular weight excluding hydrogens is 422 g/mol. The number of aromatic nitrogens is 2. The molecule has 0 aliphatic heterocycles. The van der Waals surface area contributed by atoms with E-state index >= 15 is 0 Å². The van der Waals surface area contributed by atoms with Crippen molar-refractivity contribution in [2.45, 2.75) is 26.2 Å². The van der Waals surface area contributed by atoms with E-state index in [0.717, 1.165) is 30.0 Å². The van der Waals surface area contributed by atoms with E-state index in [1.807, 2.05) is 25.1 Å². The van der Waals surface area contributed by atoms with Crippen LogP contribution in [0.4, 0.5) is 5.82 Å².